The number of non-ortho nitro benzene ring substituents is 1. The molecule has 6 nitrogen and oxygen atoms in total. The van der Waals surface area contributed by atoms with Crippen molar-refractivity contribution in [1.82, 2.24) is 5.32 Å². The van der Waals surface area contributed by atoms with Gasteiger partial charge in [0.2, 0.25) is 0 Å². The fourth-order valence-corrected chi connectivity index (χ4v) is 2.19. The summed E-state index contributed by atoms with van der Waals surface area (Å²) >= 11 is 0. The molecule has 0 bridgehead atoms. The topological polar surface area (TPSA) is 89.3 Å². The highest BCUT2D eigenvalue weighted by Gasteiger charge is 2.45. The Morgan fingerprint density at radius 2 is 1.58 bits per heavy atom. The van der Waals surface area contributed by atoms with E-state index >= 15 is 0 Å². The van der Waals surface area contributed by atoms with Crippen LogP contribution in [0.1, 0.15) is 20.7 Å². The normalized spacial score (nSPS) is 12.3. The molecule has 0 radical (unpaired) electrons. The minimum atomic E-state index is -4.89. The molecule has 1 N–H and O–H groups in total. The predicted molar refractivity (Wildman–Crippen MR) is 85.7 cm³/mol. The van der Waals surface area contributed by atoms with Crippen molar-refractivity contribution in [3.8, 4) is 0 Å². The first kappa shape index (κ1) is 19.1. The number of hydrogen-bond acceptors (Lipinski definition) is 4. The molecule has 0 aliphatic heterocycles. The molecule has 2 aromatic carbocycles. The molecule has 2 aromatic rings. The number of hydrogen-bond donors (Lipinski definition) is 1. The minimum absolute atomic E-state index is 0.163. The van der Waals surface area contributed by atoms with Gasteiger partial charge in [0.15, 0.2) is 5.78 Å². The van der Waals surface area contributed by atoms with Crippen LogP contribution >= 0.6 is 0 Å². The number of nitro groups is 1. The van der Waals surface area contributed by atoms with E-state index in [-0.39, 0.29) is 16.8 Å². The van der Waals surface area contributed by atoms with Gasteiger partial charge in [0.05, 0.1) is 4.92 Å². The Morgan fingerprint density at radius 1 is 1.00 bits per heavy atom. The zero-order valence-electron chi connectivity index (χ0n) is 13.2. The minimum Gasteiger partial charge on any atom is -0.351 e. The highest BCUT2D eigenvalue weighted by Crippen LogP contribution is 2.29. The molecule has 0 spiro atoms. The zero-order valence-corrected chi connectivity index (χ0v) is 13.2. The van der Waals surface area contributed by atoms with E-state index in [0.29, 0.717) is 0 Å². The zero-order chi connectivity index (χ0) is 19.3. The first-order chi connectivity index (χ1) is 12.2. The van der Waals surface area contributed by atoms with Gasteiger partial charge in [0.25, 0.3) is 11.6 Å². The lowest BCUT2D eigenvalue weighted by molar-refractivity contribution is -0.384. The number of benzene rings is 2. The summed E-state index contributed by atoms with van der Waals surface area (Å²) in [6.45, 7) is -0.937. The van der Waals surface area contributed by atoms with Gasteiger partial charge < -0.3 is 5.32 Å². The van der Waals surface area contributed by atoms with Crippen molar-refractivity contribution in [3.05, 3.63) is 75.8 Å². The molecule has 0 aromatic heterocycles. The molecule has 0 aliphatic carbocycles. The Morgan fingerprint density at radius 3 is 2.08 bits per heavy atom. The Labute approximate surface area is 145 Å². The number of ketones is 1. The van der Waals surface area contributed by atoms with Gasteiger partial charge in [0.1, 0.15) is 5.92 Å². The van der Waals surface area contributed by atoms with Crippen LogP contribution in [-0.2, 0) is 0 Å². The van der Waals surface area contributed by atoms with Crippen LogP contribution in [0, 0.1) is 16.0 Å². The number of carbonyl (C=O) groups is 2. The molecule has 1 unspecified atom stereocenters. The van der Waals surface area contributed by atoms with Crippen molar-refractivity contribution >= 4 is 17.4 Å². The number of alkyl halides is 3. The summed E-state index contributed by atoms with van der Waals surface area (Å²) in [5, 5.41) is 12.7. The summed E-state index contributed by atoms with van der Waals surface area (Å²) in [5.74, 6) is -4.48. The lowest BCUT2D eigenvalue weighted by Gasteiger charge is -2.19. The number of nitrogens with one attached hydrogen (secondary N) is 1. The Kier molecular flexibility index (Phi) is 5.71. The second-order valence-corrected chi connectivity index (χ2v) is 5.34. The van der Waals surface area contributed by atoms with E-state index in [1.54, 1.807) is 18.2 Å². The van der Waals surface area contributed by atoms with Crippen LogP contribution in [0.5, 0.6) is 0 Å². The van der Waals surface area contributed by atoms with Crippen LogP contribution in [0.4, 0.5) is 18.9 Å². The molecule has 0 aliphatic rings. The summed E-state index contributed by atoms with van der Waals surface area (Å²) in [7, 11) is 0. The number of nitro benzene ring substituents is 1. The van der Waals surface area contributed by atoms with Crippen LogP contribution in [0.2, 0.25) is 0 Å². The fraction of sp³-hybridized carbons (Fsp3) is 0.176. The van der Waals surface area contributed by atoms with Crippen LogP contribution in [0.3, 0.4) is 0 Å². The van der Waals surface area contributed by atoms with Crippen molar-refractivity contribution in [2.75, 3.05) is 6.54 Å². The molecule has 26 heavy (non-hydrogen) atoms. The predicted octanol–water partition coefficient (Wildman–Crippen LogP) is 3.39. The summed E-state index contributed by atoms with van der Waals surface area (Å²) < 4.78 is 39.7. The average molecular weight is 366 g/mol. The van der Waals surface area contributed by atoms with E-state index in [1.807, 2.05) is 0 Å². The van der Waals surface area contributed by atoms with Crippen LogP contribution in [0.25, 0.3) is 0 Å². The smallest absolute Gasteiger partial charge is 0.351 e. The highest BCUT2D eigenvalue weighted by atomic mass is 19.4. The summed E-state index contributed by atoms with van der Waals surface area (Å²) in [4.78, 5) is 33.9. The van der Waals surface area contributed by atoms with E-state index < -0.39 is 35.3 Å². The number of rotatable bonds is 6. The molecule has 0 saturated carbocycles. The first-order valence-corrected chi connectivity index (χ1v) is 7.39. The SMILES string of the molecule is O=C(NCC(C(=O)c1ccc([N+](=O)[O-])cc1)C(F)(F)F)c1ccccc1. The van der Waals surface area contributed by atoms with Gasteiger partial charge >= 0.3 is 6.18 Å². The number of nitrogens with zero attached hydrogens (tertiary/aromatic N) is 1. The van der Waals surface area contributed by atoms with E-state index in [0.717, 1.165) is 24.3 Å². The van der Waals surface area contributed by atoms with Gasteiger partial charge in [-0.2, -0.15) is 13.2 Å². The van der Waals surface area contributed by atoms with Crippen molar-refractivity contribution in [1.29, 1.82) is 0 Å². The Balaban J connectivity index is 2.15. The second-order valence-electron chi connectivity index (χ2n) is 5.34. The van der Waals surface area contributed by atoms with Crippen molar-refractivity contribution < 1.29 is 27.7 Å². The third-order valence-electron chi connectivity index (χ3n) is 3.58. The molecule has 1 amide bonds. The molecular weight excluding hydrogens is 353 g/mol. The van der Waals surface area contributed by atoms with Gasteiger partial charge in [-0.25, -0.2) is 0 Å². The maximum absolute atomic E-state index is 13.2. The van der Waals surface area contributed by atoms with Gasteiger partial charge in [-0.3, -0.25) is 19.7 Å². The lowest BCUT2D eigenvalue weighted by Crippen LogP contribution is -2.41. The molecule has 1 atom stereocenters. The summed E-state index contributed by atoms with van der Waals surface area (Å²) in [6.07, 6.45) is -4.89. The average Bonchev–Trinajstić information content (AvgIpc) is 2.61. The lowest BCUT2D eigenvalue weighted by atomic mass is 9.96. The maximum atomic E-state index is 13.2. The fourth-order valence-electron chi connectivity index (χ4n) is 2.19. The maximum Gasteiger partial charge on any atom is 0.400 e. The third-order valence-corrected chi connectivity index (χ3v) is 3.58. The summed E-state index contributed by atoms with van der Waals surface area (Å²) in [5.41, 5.74) is -0.509. The molecule has 136 valence electrons. The molecule has 0 heterocycles. The monoisotopic (exact) mass is 366 g/mol. The van der Waals surface area contributed by atoms with Gasteiger partial charge in [-0.1, -0.05) is 18.2 Å². The van der Waals surface area contributed by atoms with Crippen molar-refractivity contribution in [3.63, 3.8) is 0 Å². The Hall–Kier alpha value is -3.23. The van der Waals surface area contributed by atoms with Crippen molar-refractivity contribution in [2.45, 2.75) is 6.18 Å². The standard InChI is InChI=1S/C17H13F3N2O4/c18-17(19,20)14(10-21-16(24)12-4-2-1-3-5-12)15(23)11-6-8-13(9-7-11)22(25)26/h1-9,14H,10H2,(H,21,24). The van der Waals surface area contributed by atoms with E-state index in [4.69, 9.17) is 0 Å². The first-order valence-electron chi connectivity index (χ1n) is 7.39. The molecule has 9 heteroatoms. The van der Waals surface area contributed by atoms with E-state index in [2.05, 4.69) is 5.32 Å². The summed E-state index contributed by atoms with van der Waals surface area (Å²) in [6, 6.07) is 11.4. The largest absolute Gasteiger partial charge is 0.400 e. The quantitative estimate of drug-likeness (QED) is 0.482. The molecule has 0 fully saturated rings. The van der Waals surface area contributed by atoms with Gasteiger partial charge in [-0.05, 0) is 24.3 Å². The van der Waals surface area contributed by atoms with E-state index in [1.165, 1.54) is 12.1 Å². The van der Waals surface area contributed by atoms with Crippen molar-refractivity contribution in [2.24, 2.45) is 5.92 Å². The van der Waals surface area contributed by atoms with Gasteiger partial charge in [-0.15, -0.1) is 0 Å². The van der Waals surface area contributed by atoms with Crippen LogP contribution < -0.4 is 5.32 Å². The molecule has 2 rings (SSSR count). The van der Waals surface area contributed by atoms with Crippen LogP contribution in [-0.4, -0.2) is 29.3 Å². The third kappa shape index (κ3) is 4.65. The molecular formula is C17H13F3N2O4. The second kappa shape index (κ2) is 7.77. The van der Waals surface area contributed by atoms with E-state index in [9.17, 15) is 32.9 Å². The molecule has 0 saturated heterocycles. The highest BCUT2D eigenvalue weighted by molar-refractivity contribution is 5.99. The number of Topliss-reactive ketones (excluding diaryl/α,β-unsaturated/α-hetero) is 1. The number of amides is 1. The number of halogens is 3. The Bertz CT molecular complexity index is 805. The van der Waals surface area contributed by atoms with Crippen LogP contribution in [0.15, 0.2) is 54.6 Å². The van der Waals surface area contributed by atoms with Gasteiger partial charge in [0, 0.05) is 29.8 Å². The number of carbonyl (C=O) groups excluding carboxylic acids is 2.